The zero-order chi connectivity index (χ0) is 12.9. The summed E-state index contributed by atoms with van der Waals surface area (Å²) in [5, 5.41) is 3.03. The lowest BCUT2D eigenvalue weighted by Crippen LogP contribution is -2.37. The van der Waals surface area contributed by atoms with Crippen molar-refractivity contribution in [3.05, 3.63) is 0 Å². The number of halogens is 1. The van der Waals surface area contributed by atoms with Crippen LogP contribution in [0.5, 0.6) is 0 Å². The van der Waals surface area contributed by atoms with Gasteiger partial charge >= 0.3 is 0 Å². The minimum absolute atomic E-state index is 0. The third kappa shape index (κ3) is 7.40. The first-order valence-electron chi connectivity index (χ1n) is 6.16. The van der Waals surface area contributed by atoms with Crippen LogP contribution in [-0.4, -0.2) is 38.5 Å². The molecule has 1 aliphatic rings. The lowest BCUT2D eigenvalue weighted by molar-refractivity contribution is 0.441. The number of sulfone groups is 1. The standard InChI is InChI=1S/C11H23N3O2S.HI/c1-9(2)14-11(12)13-6-3-10-4-7-17(15,16)8-5-10;/h9-10H,3-8H2,1-2H3,(H3,12,13,14);1H. The number of hydrogen-bond acceptors (Lipinski definition) is 3. The molecule has 1 saturated heterocycles. The summed E-state index contributed by atoms with van der Waals surface area (Å²) < 4.78 is 22.5. The summed E-state index contributed by atoms with van der Waals surface area (Å²) in [6.07, 6.45) is 2.47. The zero-order valence-electron chi connectivity index (χ0n) is 11.1. The molecule has 0 amide bonds. The van der Waals surface area contributed by atoms with Gasteiger partial charge in [0.15, 0.2) is 5.96 Å². The molecule has 3 N–H and O–H groups in total. The smallest absolute Gasteiger partial charge is 0.188 e. The van der Waals surface area contributed by atoms with Crippen LogP contribution in [0, 0.1) is 5.92 Å². The molecule has 7 heteroatoms. The van der Waals surface area contributed by atoms with Crippen LogP contribution in [-0.2, 0) is 9.84 Å². The second-order valence-electron chi connectivity index (χ2n) is 4.95. The molecular weight excluding hydrogens is 365 g/mol. The summed E-state index contributed by atoms with van der Waals surface area (Å²) in [5.74, 6) is 1.62. The number of hydrogen-bond donors (Lipinski definition) is 2. The van der Waals surface area contributed by atoms with Crippen LogP contribution < -0.4 is 11.1 Å². The van der Waals surface area contributed by atoms with E-state index in [1.165, 1.54) is 0 Å². The van der Waals surface area contributed by atoms with Gasteiger partial charge in [0.1, 0.15) is 9.84 Å². The van der Waals surface area contributed by atoms with E-state index in [-0.39, 0.29) is 24.0 Å². The van der Waals surface area contributed by atoms with Crippen molar-refractivity contribution in [1.82, 2.24) is 5.32 Å². The van der Waals surface area contributed by atoms with E-state index in [0.29, 0.717) is 36.0 Å². The maximum atomic E-state index is 11.2. The highest BCUT2D eigenvalue weighted by Gasteiger charge is 2.22. The first-order chi connectivity index (χ1) is 7.89. The minimum atomic E-state index is -2.75. The Morgan fingerprint density at radius 2 is 1.94 bits per heavy atom. The lowest BCUT2D eigenvalue weighted by Gasteiger charge is -2.21. The molecule has 1 aliphatic heterocycles. The number of nitrogens with two attached hydrogens (primary N) is 1. The monoisotopic (exact) mass is 389 g/mol. The van der Waals surface area contributed by atoms with Crippen LogP contribution in [0.2, 0.25) is 0 Å². The zero-order valence-corrected chi connectivity index (χ0v) is 14.2. The highest BCUT2D eigenvalue weighted by atomic mass is 127. The number of guanidine groups is 1. The molecule has 0 saturated carbocycles. The van der Waals surface area contributed by atoms with Gasteiger partial charge < -0.3 is 11.1 Å². The predicted octanol–water partition coefficient (Wildman–Crippen LogP) is 1.13. The summed E-state index contributed by atoms with van der Waals surface area (Å²) >= 11 is 0. The van der Waals surface area contributed by atoms with Crippen LogP contribution >= 0.6 is 24.0 Å². The van der Waals surface area contributed by atoms with E-state index < -0.39 is 9.84 Å². The molecule has 0 aliphatic carbocycles. The number of aliphatic imine (C=N–C) groups is 1. The van der Waals surface area contributed by atoms with E-state index >= 15 is 0 Å². The predicted molar refractivity (Wildman–Crippen MR) is 86.2 cm³/mol. The van der Waals surface area contributed by atoms with Crippen LogP contribution in [0.15, 0.2) is 4.99 Å². The largest absolute Gasteiger partial charge is 0.370 e. The van der Waals surface area contributed by atoms with E-state index in [2.05, 4.69) is 10.3 Å². The highest BCUT2D eigenvalue weighted by molar-refractivity contribution is 14.0. The van der Waals surface area contributed by atoms with Gasteiger partial charge in [0.05, 0.1) is 11.5 Å². The highest BCUT2D eigenvalue weighted by Crippen LogP contribution is 2.21. The second kappa shape index (κ2) is 8.19. The molecule has 1 rings (SSSR count). The molecule has 18 heavy (non-hydrogen) atoms. The van der Waals surface area contributed by atoms with E-state index in [1.54, 1.807) is 0 Å². The Labute approximate surface area is 127 Å². The van der Waals surface area contributed by atoms with Crippen molar-refractivity contribution < 1.29 is 8.42 Å². The quantitative estimate of drug-likeness (QED) is 0.429. The molecule has 0 spiro atoms. The molecule has 5 nitrogen and oxygen atoms in total. The van der Waals surface area contributed by atoms with E-state index in [0.717, 1.165) is 19.3 Å². The summed E-state index contributed by atoms with van der Waals surface area (Å²) in [5.41, 5.74) is 5.68. The number of nitrogens with one attached hydrogen (secondary N) is 1. The van der Waals surface area contributed by atoms with Gasteiger partial charge in [0.2, 0.25) is 0 Å². The van der Waals surface area contributed by atoms with Crippen molar-refractivity contribution in [3.63, 3.8) is 0 Å². The van der Waals surface area contributed by atoms with Gasteiger partial charge in [0.25, 0.3) is 0 Å². The third-order valence-corrected chi connectivity index (χ3v) is 4.65. The van der Waals surface area contributed by atoms with Crippen LogP contribution in [0.25, 0.3) is 0 Å². The van der Waals surface area contributed by atoms with Crippen LogP contribution in [0.1, 0.15) is 33.1 Å². The van der Waals surface area contributed by atoms with Gasteiger partial charge in [-0.3, -0.25) is 4.99 Å². The lowest BCUT2D eigenvalue weighted by atomic mass is 9.99. The van der Waals surface area contributed by atoms with Gasteiger partial charge in [-0.2, -0.15) is 0 Å². The molecule has 0 aromatic carbocycles. The molecule has 108 valence electrons. The van der Waals surface area contributed by atoms with Crippen molar-refractivity contribution in [2.24, 2.45) is 16.6 Å². The molecule has 0 bridgehead atoms. The maximum absolute atomic E-state index is 11.2. The second-order valence-corrected chi connectivity index (χ2v) is 7.25. The molecule has 1 fully saturated rings. The van der Waals surface area contributed by atoms with Gasteiger partial charge in [0, 0.05) is 12.6 Å². The molecular formula is C11H24IN3O2S. The Hall–Kier alpha value is -0.0500. The molecule has 0 unspecified atom stereocenters. The van der Waals surface area contributed by atoms with Crippen molar-refractivity contribution in [2.45, 2.75) is 39.2 Å². The van der Waals surface area contributed by atoms with Gasteiger partial charge in [-0.15, -0.1) is 24.0 Å². The molecule has 0 aromatic rings. The van der Waals surface area contributed by atoms with Gasteiger partial charge in [-0.1, -0.05) is 0 Å². The van der Waals surface area contributed by atoms with Crippen molar-refractivity contribution in [3.8, 4) is 0 Å². The number of rotatable bonds is 4. The average molecular weight is 389 g/mol. The van der Waals surface area contributed by atoms with E-state index in [1.807, 2.05) is 13.8 Å². The minimum Gasteiger partial charge on any atom is -0.370 e. The Balaban J connectivity index is 0.00000289. The van der Waals surface area contributed by atoms with Crippen molar-refractivity contribution >= 4 is 39.8 Å². The molecule has 0 radical (unpaired) electrons. The first-order valence-corrected chi connectivity index (χ1v) is 7.98. The van der Waals surface area contributed by atoms with Crippen LogP contribution in [0.3, 0.4) is 0 Å². The first kappa shape index (κ1) is 17.9. The van der Waals surface area contributed by atoms with E-state index in [4.69, 9.17) is 5.73 Å². The van der Waals surface area contributed by atoms with Crippen molar-refractivity contribution in [2.75, 3.05) is 18.1 Å². The van der Waals surface area contributed by atoms with Gasteiger partial charge in [-0.25, -0.2) is 8.42 Å². The fourth-order valence-electron chi connectivity index (χ4n) is 1.94. The SMILES string of the molecule is CC(C)NC(N)=NCCC1CCS(=O)(=O)CC1.I. The fourth-order valence-corrected chi connectivity index (χ4v) is 3.53. The van der Waals surface area contributed by atoms with Crippen molar-refractivity contribution in [1.29, 1.82) is 0 Å². The van der Waals surface area contributed by atoms with E-state index in [9.17, 15) is 8.42 Å². The van der Waals surface area contributed by atoms with Crippen LogP contribution in [0.4, 0.5) is 0 Å². The fraction of sp³-hybridized carbons (Fsp3) is 0.909. The normalized spacial score (nSPS) is 20.5. The average Bonchev–Trinajstić information content (AvgIpc) is 2.19. The Bertz CT molecular complexity index is 354. The number of nitrogens with zero attached hydrogens (tertiary/aromatic N) is 1. The Morgan fingerprint density at radius 3 is 2.44 bits per heavy atom. The Morgan fingerprint density at radius 1 is 1.39 bits per heavy atom. The maximum Gasteiger partial charge on any atom is 0.188 e. The summed E-state index contributed by atoms with van der Waals surface area (Å²) in [7, 11) is -2.75. The van der Waals surface area contributed by atoms with Gasteiger partial charge in [-0.05, 0) is 39.0 Å². The third-order valence-electron chi connectivity index (χ3n) is 2.93. The summed E-state index contributed by atoms with van der Waals surface area (Å²) in [6.45, 7) is 4.69. The topological polar surface area (TPSA) is 84.5 Å². The molecule has 0 atom stereocenters. The molecule has 1 heterocycles. The summed E-state index contributed by atoms with van der Waals surface area (Å²) in [6, 6.07) is 0.290. The summed E-state index contributed by atoms with van der Waals surface area (Å²) in [4.78, 5) is 4.23. The molecule has 0 aromatic heterocycles. The Kier molecular flexibility index (Phi) is 8.16.